The zero-order chi connectivity index (χ0) is 17.6. The summed E-state index contributed by atoms with van der Waals surface area (Å²) in [7, 11) is 0. The van der Waals surface area contributed by atoms with Crippen LogP contribution in [0.1, 0.15) is 11.1 Å². The standard InChI is InChI=1S/C16H16F3N5/c17-16(18,19)12-6-8-13(9-7-12)23-15(21)24-14(20)22-10-11-4-2-1-3-5-11/h1-9H,10H2,(H5,20,21,22,23,24). The van der Waals surface area contributed by atoms with Crippen LogP contribution in [-0.4, -0.2) is 11.9 Å². The SMILES string of the molecule is NC(=NCc1ccccc1)/N=C(\N)Nc1ccc(C(F)(F)F)cc1. The average molecular weight is 335 g/mol. The van der Waals surface area contributed by atoms with Gasteiger partial charge >= 0.3 is 6.18 Å². The summed E-state index contributed by atoms with van der Waals surface area (Å²) in [5.41, 5.74) is 11.9. The Hall–Kier alpha value is -3.03. The lowest BCUT2D eigenvalue weighted by molar-refractivity contribution is -0.137. The van der Waals surface area contributed by atoms with E-state index in [1.807, 2.05) is 30.3 Å². The molecule has 5 N–H and O–H groups in total. The first-order valence-electron chi connectivity index (χ1n) is 6.97. The molecule has 0 aliphatic carbocycles. The fourth-order valence-electron chi connectivity index (χ4n) is 1.83. The second kappa shape index (κ2) is 7.49. The van der Waals surface area contributed by atoms with Crippen LogP contribution < -0.4 is 16.8 Å². The van der Waals surface area contributed by atoms with Gasteiger partial charge in [-0.15, -0.1) is 0 Å². The minimum atomic E-state index is -4.38. The highest BCUT2D eigenvalue weighted by atomic mass is 19.4. The topological polar surface area (TPSA) is 88.8 Å². The van der Waals surface area contributed by atoms with Crippen LogP contribution in [0.2, 0.25) is 0 Å². The van der Waals surface area contributed by atoms with Crippen LogP contribution in [0.5, 0.6) is 0 Å². The van der Waals surface area contributed by atoms with E-state index in [-0.39, 0.29) is 11.9 Å². The van der Waals surface area contributed by atoms with Gasteiger partial charge in [-0.1, -0.05) is 30.3 Å². The number of nitrogens with zero attached hydrogens (tertiary/aromatic N) is 2. The van der Waals surface area contributed by atoms with Gasteiger partial charge in [0, 0.05) is 5.69 Å². The minimum Gasteiger partial charge on any atom is -0.369 e. The number of benzene rings is 2. The number of nitrogens with one attached hydrogen (secondary N) is 1. The average Bonchev–Trinajstić information content (AvgIpc) is 2.53. The molecule has 0 heterocycles. The van der Waals surface area contributed by atoms with Gasteiger partial charge in [-0.25, -0.2) is 4.99 Å². The second-order valence-electron chi connectivity index (χ2n) is 4.86. The Labute approximate surface area is 136 Å². The molecule has 2 rings (SSSR count). The predicted octanol–water partition coefficient (Wildman–Crippen LogP) is 2.95. The maximum atomic E-state index is 12.5. The molecule has 0 saturated carbocycles. The van der Waals surface area contributed by atoms with Crippen molar-refractivity contribution in [2.45, 2.75) is 12.7 Å². The van der Waals surface area contributed by atoms with Gasteiger partial charge in [-0.2, -0.15) is 18.2 Å². The summed E-state index contributed by atoms with van der Waals surface area (Å²) in [4.78, 5) is 7.91. The van der Waals surface area contributed by atoms with Crippen molar-refractivity contribution in [1.29, 1.82) is 0 Å². The van der Waals surface area contributed by atoms with Crippen LogP contribution in [0.3, 0.4) is 0 Å². The van der Waals surface area contributed by atoms with Crippen molar-refractivity contribution < 1.29 is 13.2 Å². The summed E-state index contributed by atoms with van der Waals surface area (Å²) < 4.78 is 37.4. The predicted molar refractivity (Wildman–Crippen MR) is 88.5 cm³/mol. The highest BCUT2D eigenvalue weighted by Crippen LogP contribution is 2.29. The lowest BCUT2D eigenvalue weighted by Gasteiger charge is -2.09. The maximum absolute atomic E-state index is 12.5. The van der Waals surface area contributed by atoms with Crippen molar-refractivity contribution in [3.8, 4) is 0 Å². The van der Waals surface area contributed by atoms with E-state index in [9.17, 15) is 13.2 Å². The zero-order valence-corrected chi connectivity index (χ0v) is 12.6. The first-order valence-corrected chi connectivity index (χ1v) is 6.97. The highest BCUT2D eigenvalue weighted by Gasteiger charge is 2.29. The van der Waals surface area contributed by atoms with E-state index in [4.69, 9.17) is 11.5 Å². The fraction of sp³-hybridized carbons (Fsp3) is 0.125. The Morgan fingerprint density at radius 1 is 0.958 bits per heavy atom. The molecule has 0 fully saturated rings. The Morgan fingerprint density at radius 3 is 2.17 bits per heavy atom. The lowest BCUT2D eigenvalue weighted by atomic mass is 10.2. The van der Waals surface area contributed by atoms with E-state index < -0.39 is 11.7 Å². The number of halogens is 3. The zero-order valence-electron chi connectivity index (χ0n) is 12.6. The van der Waals surface area contributed by atoms with Crippen molar-refractivity contribution in [3.63, 3.8) is 0 Å². The third-order valence-electron chi connectivity index (χ3n) is 2.99. The third-order valence-corrected chi connectivity index (χ3v) is 2.99. The molecule has 2 aromatic rings. The third kappa shape index (κ3) is 5.31. The van der Waals surface area contributed by atoms with E-state index in [0.717, 1.165) is 17.7 Å². The number of aliphatic imine (C=N–C) groups is 2. The fourth-order valence-corrected chi connectivity index (χ4v) is 1.83. The summed E-state index contributed by atoms with van der Waals surface area (Å²) in [5.74, 6) is -0.0974. The van der Waals surface area contributed by atoms with Crippen molar-refractivity contribution in [2.75, 3.05) is 5.32 Å². The Kier molecular flexibility index (Phi) is 5.41. The van der Waals surface area contributed by atoms with E-state index >= 15 is 0 Å². The summed E-state index contributed by atoms with van der Waals surface area (Å²) >= 11 is 0. The van der Waals surface area contributed by atoms with Crippen molar-refractivity contribution in [3.05, 3.63) is 65.7 Å². The van der Waals surface area contributed by atoms with Crippen LogP contribution in [0, 0.1) is 0 Å². The van der Waals surface area contributed by atoms with Crippen molar-refractivity contribution in [2.24, 2.45) is 21.5 Å². The van der Waals surface area contributed by atoms with Crippen molar-refractivity contribution >= 4 is 17.6 Å². The van der Waals surface area contributed by atoms with Crippen molar-refractivity contribution in [1.82, 2.24) is 0 Å². The smallest absolute Gasteiger partial charge is 0.369 e. The number of guanidine groups is 2. The van der Waals surface area contributed by atoms with E-state index in [1.165, 1.54) is 12.1 Å². The molecule has 0 radical (unpaired) electrons. The van der Waals surface area contributed by atoms with Gasteiger partial charge < -0.3 is 16.8 Å². The summed E-state index contributed by atoms with van der Waals surface area (Å²) in [6.07, 6.45) is -4.38. The Morgan fingerprint density at radius 2 is 1.58 bits per heavy atom. The van der Waals surface area contributed by atoms with Gasteiger partial charge in [-0.3, -0.25) is 0 Å². The van der Waals surface area contributed by atoms with E-state index in [1.54, 1.807) is 0 Å². The van der Waals surface area contributed by atoms with Crippen LogP contribution >= 0.6 is 0 Å². The normalized spacial score (nSPS) is 13.0. The molecule has 0 aliphatic rings. The van der Waals surface area contributed by atoms with Crippen LogP contribution in [0.15, 0.2) is 64.6 Å². The number of anilines is 1. The lowest BCUT2D eigenvalue weighted by Crippen LogP contribution is -2.26. The summed E-state index contributed by atoms with van der Waals surface area (Å²) in [6, 6.07) is 13.8. The van der Waals surface area contributed by atoms with Gasteiger partial charge in [0.05, 0.1) is 12.1 Å². The molecule has 0 aromatic heterocycles. The number of nitrogens with two attached hydrogens (primary N) is 2. The molecule has 8 heteroatoms. The number of rotatable bonds is 3. The van der Waals surface area contributed by atoms with Crippen LogP contribution in [0.25, 0.3) is 0 Å². The monoisotopic (exact) mass is 335 g/mol. The maximum Gasteiger partial charge on any atom is 0.416 e. The van der Waals surface area contributed by atoms with Gasteiger partial charge in [0.2, 0.25) is 11.9 Å². The number of hydrogen-bond donors (Lipinski definition) is 3. The van der Waals surface area contributed by atoms with Gasteiger partial charge in [-0.05, 0) is 29.8 Å². The molecule has 2 aromatic carbocycles. The highest BCUT2D eigenvalue weighted by molar-refractivity contribution is 6.00. The number of alkyl halides is 3. The molecule has 0 bridgehead atoms. The molecule has 0 unspecified atom stereocenters. The number of hydrogen-bond acceptors (Lipinski definition) is 1. The largest absolute Gasteiger partial charge is 0.416 e. The molecular weight excluding hydrogens is 319 g/mol. The van der Waals surface area contributed by atoms with Crippen LogP contribution in [0.4, 0.5) is 18.9 Å². The molecule has 0 saturated heterocycles. The van der Waals surface area contributed by atoms with Crippen LogP contribution in [-0.2, 0) is 12.7 Å². The van der Waals surface area contributed by atoms with Gasteiger partial charge in [0.25, 0.3) is 0 Å². The minimum absolute atomic E-state index is 0.0317. The van der Waals surface area contributed by atoms with E-state index in [2.05, 4.69) is 15.3 Å². The summed E-state index contributed by atoms with van der Waals surface area (Å²) in [6.45, 7) is 0.351. The van der Waals surface area contributed by atoms with Gasteiger partial charge in [0.1, 0.15) is 0 Å². The molecule has 24 heavy (non-hydrogen) atoms. The molecular formula is C16H16F3N5. The molecule has 0 aliphatic heterocycles. The summed E-state index contributed by atoms with van der Waals surface area (Å²) in [5, 5.41) is 2.65. The first kappa shape index (κ1) is 17.3. The molecule has 0 amide bonds. The van der Waals surface area contributed by atoms with Gasteiger partial charge in [0.15, 0.2) is 0 Å². The molecule has 126 valence electrons. The molecule has 0 atom stereocenters. The first-order chi connectivity index (χ1) is 11.3. The quantitative estimate of drug-likeness (QED) is 0.595. The molecule has 5 nitrogen and oxygen atoms in total. The second-order valence-corrected chi connectivity index (χ2v) is 4.86. The Bertz CT molecular complexity index is 722. The molecule has 0 spiro atoms. The Balaban J connectivity index is 1.98. The van der Waals surface area contributed by atoms with E-state index in [0.29, 0.717) is 12.2 Å².